The fourth-order valence-electron chi connectivity index (χ4n) is 5.31. The highest BCUT2D eigenvalue weighted by molar-refractivity contribution is 7.89. The van der Waals surface area contributed by atoms with E-state index in [9.17, 15) is 8.42 Å². The number of anilines is 1. The van der Waals surface area contributed by atoms with Gasteiger partial charge in [-0.1, -0.05) is 19.1 Å². The lowest BCUT2D eigenvalue weighted by atomic mass is 9.88. The average Bonchev–Trinajstić information content (AvgIpc) is 3.28. The van der Waals surface area contributed by atoms with Gasteiger partial charge in [0.25, 0.3) is 0 Å². The Morgan fingerprint density at radius 1 is 1.12 bits per heavy atom. The van der Waals surface area contributed by atoms with Crippen molar-refractivity contribution in [1.29, 1.82) is 0 Å². The van der Waals surface area contributed by atoms with Crippen molar-refractivity contribution in [3.8, 4) is 5.75 Å². The lowest BCUT2D eigenvalue weighted by Gasteiger charge is -2.34. The summed E-state index contributed by atoms with van der Waals surface area (Å²) in [5.74, 6) is 2.58. The van der Waals surface area contributed by atoms with Crippen molar-refractivity contribution < 1.29 is 13.2 Å². The molecule has 1 aromatic heterocycles. The van der Waals surface area contributed by atoms with E-state index < -0.39 is 10.0 Å². The molecular formula is C26H34N4O3S. The van der Waals surface area contributed by atoms with Crippen molar-refractivity contribution in [2.24, 2.45) is 5.92 Å². The molecule has 34 heavy (non-hydrogen) atoms. The number of nitrogens with zero attached hydrogens (tertiary/aromatic N) is 4. The van der Waals surface area contributed by atoms with Crippen LogP contribution in [0.1, 0.15) is 49.3 Å². The molecule has 0 spiro atoms. The Bertz CT molecular complexity index is 1160. The molecule has 7 nitrogen and oxygen atoms in total. The summed E-state index contributed by atoms with van der Waals surface area (Å²) < 4.78 is 32.7. The summed E-state index contributed by atoms with van der Waals surface area (Å²) in [6.07, 6.45) is 10.6. The van der Waals surface area contributed by atoms with Gasteiger partial charge in [0, 0.05) is 45.0 Å². The first-order chi connectivity index (χ1) is 16.4. The average molecular weight is 483 g/mol. The smallest absolute Gasteiger partial charge is 0.225 e. The topological polar surface area (TPSA) is 75.6 Å². The zero-order valence-electron chi connectivity index (χ0n) is 20.1. The van der Waals surface area contributed by atoms with Crippen LogP contribution in [0, 0.1) is 12.8 Å². The SMILES string of the molecule is CCCS(=O)(=O)N1CC=C(c2ccc3c(c2)CC(C2CCN(c4ncc(C)cn4)CC2)O3)CC1. The number of sulfonamides is 1. The Kier molecular flexibility index (Phi) is 6.62. The molecule has 0 bridgehead atoms. The summed E-state index contributed by atoms with van der Waals surface area (Å²) in [7, 11) is -3.13. The number of hydrogen-bond donors (Lipinski definition) is 0. The molecule has 1 saturated heterocycles. The van der Waals surface area contributed by atoms with E-state index in [2.05, 4.69) is 39.1 Å². The monoisotopic (exact) mass is 482 g/mol. The van der Waals surface area contributed by atoms with Crippen molar-refractivity contribution in [2.45, 2.75) is 52.1 Å². The van der Waals surface area contributed by atoms with Gasteiger partial charge in [-0.05, 0) is 72.9 Å². The van der Waals surface area contributed by atoms with Crippen molar-refractivity contribution in [2.75, 3.05) is 36.8 Å². The van der Waals surface area contributed by atoms with E-state index in [1.165, 1.54) is 16.7 Å². The fraction of sp³-hybridized carbons (Fsp3) is 0.538. The first-order valence-corrected chi connectivity index (χ1v) is 14.0. The molecule has 0 N–H and O–H groups in total. The molecule has 1 unspecified atom stereocenters. The summed E-state index contributed by atoms with van der Waals surface area (Å²) in [6, 6.07) is 6.48. The molecule has 4 heterocycles. The van der Waals surface area contributed by atoms with Crippen LogP contribution in [0.3, 0.4) is 0 Å². The summed E-state index contributed by atoms with van der Waals surface area (Å²) in [5, 5.41) is 0. The zero-order valence-corrected chi connectivity index (χ0v) is 20.9. The second-order valence-electron chi connectivity index (χ2n) is 9.72. The molecule has 0 saturated carbocycles. The maximum Gasteiger partial charge on any atom is 0.225 e. The van der Waals surface area contributed by atoms with E-state index >= 15 is 0 Å². The van der Waals surface area contributed by atoms with Gasteiger partial charge in [-0.3, -0.25) is 0 Å². The Morgan fingerprint density at radius 2 is 1.88 bits per heavy atom. The van der Waals surface area contributed by atoms with Gasteiger partial charge in [0.05, 0.1) is 5.75 Å². The van der Waals surface area contributed by atoms with Crippen LogP contribution in [-0.4, -0.2) is 60.7 Å². The molecule has 8 heteroatoms. The van der Waals surface area contributed by atoms with Crippen LogP contribution in [-0.2, 0) is 16.4 Å². The van der Waals surface area contributed by atoms with Gasteiger partial charge in [0.1, 0.15) is 11.9 Å². The molecule has 1 aromatic carbocycles. The number of fused-ring (bicyclic) bond motifs is 1. The zero-order chi connectivity index (χ0) is 23.7. The van der Waals surface area contributed by atoms with Crippen LogP contribution in [0.15, 0.2) is 36.7 Å². The predicted molar refractivity (Wildman–Crippen MR) is 135 cm³/mol. The van der Waals surface area contributed by atoms with Crippen molar-refractivity contribution in [1.82, 2.24) is 14.3 Å². The van der Waals surface area contributed by atoms with E-state index in [1.54, 1.807) is 4.31 Å². The number of rotatable bonds is 6. The molecule has 0 radical (unpaired) electrons. The summed E-state index contributed by atoms with van der Waals surface area (Å²) in [5.41, 5.74) is 4.79. The second kappa shape index (κ2) is 9.66. The maximum absolute atomic E-state index is 12.4. The molecule has 2 aromatic rings. The Morgan fingerprint density at radius 3 is 2.56 bits per heavy atom. The minimum atomic E-state index is -3.13. The molecule has 1 fully saturated rings. The van der Waals surface area contributed by atoms with Gasteiger partial charge in [-0.25, -0.2) is 18.4 Å². The Labute approximate surface area is 202 Å². The minimum absolute atomic E-state index is 0.223. The second-order valence-corrected chi connectivity index (χ2v) is 11.8. The quantitative estimate of drug-likeness (QED) is 0.623. The first-order valence-electron chi connectivity index (χ1n) is 12.4. The molecular weight excluding hydrogens is 448 g/mol. The van der Waals surface area contributed by atoms with Gasteiger partial charge < -0.3 is 9.64 Å². The highest BCUT2D eigenvalue weighted by atomic mass is 32.2. The fourth-order valence-corrected chi connectivity index (χ4v) is 6.76. The van der Waals surface area contributed by atoms with E-state index in [-0.39, 0.29) is 11.9 Å². The number of hydrogen-bond acceptors (Lipinski definition) is 6. The van der Waals surface area contributed by atoms with Gasteiger partial charge in [-0.15, -0.1) is 0 Å². The normalized spacial score (nSPS) is 21.8. The Hall–Kier alpha value is -2.45. The van der Waals surface area contributed by atoms with Crippen LogP contribution in [0.5, 0.6) is 5.75 Å². The van der Waals surface area contributed by atoms with E-state index in [4.69, 9.17) is 4.74 Å². The standard InChI is InChI=1S/C26H34N4O3S/c1-3-14-34(31,32)30-12-8-20(9-13-30)22-4-5-24-23(15-22)16-25(33-24)21-6-10-29(11-7-21)26-27-17-19(2)18-28-26/h4-5,8,15,17-18,21,25H,3,6-7,9-14,16H2,1-2H3. The van der Waals surface area contributed by atoms with Crippen molar-refractivity contribution in [3.05, 3.63) is 53.4 Å². The summed E-state index contributed by atoms with van der Waals surface area (Å²) in [4.78, 5) is 11.2. The Balaban J connectivity index is 1.19. The molecule has 182 valence electrons. The van der Waals surface area contributed by atoms with Crippen LogP contribution in [0.4, 0.5) is 5.95 Å². The lowest BCUT2D eigenvalue weighted by Crippen LogP contribution is -2.40. The third-order valence-corrected chi connectivity index (χ3v) is 9.32. The number of piperidine rings is 1. The largest absolute Gasteiger partial charge is 0.490 e. The summed E-state index contributed by atoms with van der Waals surface area (Å²) in [6.45, 7) is 6.86. The predicted octanol–water partition coefficient (Wildman–Crippen LogP) is 3.83. The van der Waals surface area contributed by atoms with Crippen molar-refractivity contribution in [3.63, 3.8) is 0 Å². The van der Waals surface area contributed by atoms with E-state index in [1.807, 2.05) is 26.2 Å². The van der Waals surface area contributed by atoms with Crippen molar-refractivity contribution >= 4 is 21.5 Å². The minimum Gasteiger partial charge on any atom is -0.490 e. The lowest BCUT2D eigenvalue weighted by molar-refractivity contribution is 0.138. The number of benzene rings is 1. The molecule has 0 aliphatic carbocycles. The van der Waals surface area contributed by atoms with Crippen LogP contribution in [0.2, 0.25) is 0 Å². The van der Waals surface area contributed by atoms with Gasteiger partial charge in [-0.2, -0.15) is 4.31 Å². The number of aromatic nitrogens is 2. The van der Waals surface area contributed by atoms with E-state index in [0.717, 1.165) is 56.0 Å². The molecule has 0 amide bonds. The molecule has 3 aliphatic heterocycles. The molecule has 3 aliphatic rings. The maximum atomic E-state index is 12.4. The first kappa shape index (κ1) is 23.3. The highest BCUT2D eigenvalue weighted by Gasteiger charge is 2.34. The van der Waals surface area contributed by atoms with E-state index in [0.29, 0.717) is 25.4 Å². The summed E-state index contributed by atoms with van der Waals surface area (Å²) >= 11 is 0. The third-order valence-electron chi connectivity index (χ3n) is 7.27. The van der Waals surface area contributed by atoms with Crippen LogP contribution in [0.25, 0.3) is 5.57 Å². The third kappa shape index (κ3) is 4.84. The molecule has 5 rings (SSSR count). The number of aryl methyl sites for hydroxylation is 1. The van der Waals surface area contributed by atoms with Gasteiger partial charge >= 0.3 is 0 Å². The number of ether oxygens (including phenoxy) is 1. The van der Waals surface area contributed by atoms with Crippen LogP contribution < -0.4 is 9.64 Å². The van der Waals surface area contributed by atoms with Crippen LogP contribution >= 0.6 is 0 Å². The molecule has 1 atom stereocenters. The van der Waals surface area contributed by atoms with Gasteiger partial charge in [0.15, 0.2) is 0 Å². The highest BCUT2D eigenvalue weighted by Crippen LogP contribution is 2.37. The van der Waals surface area contributed by atoms with Gasteiger partial charge in [0.2, 0.25) is 16.0 Å².